The number of carbonyl (C=O) groups excluding carboxylic acids is 2. The number of benzene rings is 1. The standard InChI is InChI=1S/C20H24N4O2S/c25-18(23-10-4-5-11-23)15-7-6-12-24(13-15)19(26)17-14-27-20(22-17)21-16-8-2-1-3-9-16/h1-3,8-9,14-15H,4-7,10-13H2,(H,21,22). The van der Waals surface area contributed by atoms with Crippen molar-refractivity contribution in [2.75, 3.05) is 31.5 Å². The summed E-state index contributed by atoms with van der Waals surface area (Å²) in [5.41, 5.74) is 1.40. The van der Waals surface area contributed by atoms with E-state index in [1.54, 1.807) is 10.3 Å². The Balaban J connectivity index is 1.39. The predicted octanol–water partition coefficient (Wildman–Crippen LogP) is 3.36. The van der Waals surface area contributed by atoms with Crippen molar-refractivity contribution in [3.05, 3.63) is 41.4 Å². The Hall–Kier alpha value is -2.41. The Morgan fingerprint density at radius 3 is 2.56 bits per heavy atom. The van der Waals surface area contributed by atoms with E-state index in [1.165, 1.54) is 11.3 Å². The highest BCUT2D eigenvalue weighted by atomic mass is 32.1. The number of amides is 2. The molecule has 2 aliphatic heterocycles. The quantitative estimate of drug-likeness (QED) is 0.878. The number of hydrogen-bond donors (Lipinski definition) is 1. The SMILES string of the molecule is O=C(c1csc(Nc2ccccc2)n1)N1CCCC(C(=O)N2CCCC2)C1. The summed E-state index contributed by atoms with van der Waals surface area (Å²) in [7, 11) is 0. The van der Waals surface area contributed by atoms with Gasteiger partial charge in [-0.05, 0) is 37.8 Å². The Labute approximate surface area is 163 Å². The monoisotopic (exact) mass is 384 g/mol. The molecule has 2 aliphatic rings. The van der Waals surface area contributed by atoms with E-state index in [4.69, 9.17) is 0 Å². The first kappa shape index (κ1) is 18.0. The van der Waals surface area contributed by atoms with Gasteiger partial charge in [-0.2, -0.15) is 0 Å². The average molecular weight is 385 g/mol. The van der Waals surface area contributed by atoms with Crippen LogP contribution in [0.2, 0.25) is 0 Å². The van der Waals surface area contributed by atoms with E-state index in [-0.39, 0.29) is 17.7 Å². The van der Waals surface area contributed by atoms with Crippen LogP contribution in [0.5, 0.6) is 0 Å². The highest BCUT2D eigenvalue weighted by Gasteiger charge is 2.33. The van der Waals surface area contributed by atoms with Gasteiger partial charge in [0.2, 0.25) is 5.91 Å². The Morgan fingerprint density at radius 1 is 1.04 bits per heavy atom. The second kappa shape index (κ2) is 8.08. The molecule has 0 radical (unpaired) electrons. The average Bonchev–Trinajstić information content (AvgIpc) is 3.40. The van der Waals surface area contributed by atoms with Crippen molar-refractivity contribution in [2.45, 2.75) is 25.7 Å². The number of carbonyl (C=O) groups is 2. The minimum absolute atomic E-state index is 0.0682. The number of para-hydroxylation sites is 1. The Kier molecular flexibility index (Phi) is 5.38. The third-order valence-electron chi connectivity index (χ3n) is 5.22. The normalized spacial score (nSPS) is 19.9. The molecule has 2 aromatic rings. The van der Waals surface area contributed by atoms with Crippen molar-refractivity contribution >= 4 is 34.0 Å². The van der Waals surface area contributed by atoms with Crippen molar-refractivity contribution < 1.29 is 9.59 Å². The van der Waals surface area contributed by atoms with Gasteiger partial charge >= 0.3 is 0 Å². The molecule has 1 aromatic heterocycles. The maximum Gasteiger partial charge on any atom is 0.273 e. The van der Waals surface area contributed by atoms with E-state index >= 15 is 0 Å². The summed E-state index contributed by atoms with van der Waals surface area (Å²) in [6.07, 6.45) is 3.93. The lowest BCUT2D eigenvalue weighted by Crippen LogP contribution is -2.46. The van der Waals surface area contributed by atoms with Crippen molar-refractivity contribution in [1.29, 1.82) is 0 Å². The lowest BCUT2D eigenvalue weighted by molar-refractivity contribution is -0.135. The largest absolute Gasteiger partial charge is 0.342 e. The molecular weight excluding hydrogens is 360 g/mol. The molecule has 0 spiro atoms. The molecule has 27 heavy (non-hydrogen) atoms. The number of hydrogen-bond acceptors (Lipinski definition) is 5. The number of rotatable bonds is 4. The Bertz CT molecular complexity index is 801. The minimum Gasteiger partial charge on any atom is -0.342 e. The van der Waals surface area contributed by atoms with E-state index in [0.29, 0.717) is 23.9 Å². The molecule has 2 amide bonds. The lowest BCUT2D eigenvalue weighted by Gasteiger charge is -2.33. The second-order valence-corrected chi connectivity index (χ2v) is 8.01. The first-order valence-electron chi connectivity index (χ1n) is 9.56. The molecule has 3 heterocycles. The highest BCUT2D eigenvalue weighted by molar-refractivity contribution is 7.14. The minimum atomic E-state index is -0.0775. The van der Waals surface area contributed by atoms with E-state index in [0.717, 1.165) is 44.5 Å². The second-order valence-electron chi connectivity index (χ2n) is 7.15. The number of likely N-dealkylation sites (tertiary alicyclic amines) is 2. The zero-order valence-corrected chi connectivity index (χ0v) is 16.1. The summed E-state index contributed by atoms with van der Waals surface area (Å²) < 4.78 is 0. The van der Waals surface area contributed by atoms with Crippen LogP contribution in [0.25, 0.3) is 0 Å². The van der Waals surface area contributed by atoms with E-state index in [1.807, 2.05) is 35.2 Å². The third-order valence-corrected chi connectivity index (χ3v) is 5.98. The van der Waals surface area contributed by atoms with Crippen LogP contribution >= 0.6 is 11.3 Å². The number of piperidine rings is 1. The van der Waals surface area contributed by atoms with Crippen LogP contribution in [0.1, 0.15) is 36.2 Å². The van der Waals surface area contributed by atoms with Gasteiger partial charge in [0.1, 0.15) is 5.69 Å². The number of nitrogens with one attached hydrogen (secondary N) is 1. The topological polar surface area (TPSA) is 65.5 Å². The van der Waals surface area contributed by atoms with E-state index in [9.17, 15) is 9.59 Å². The molecule has 1 N–H and O–H groups in total. The van der Waals surface area contributed by atoms with Gasteiger partial charge in [-0.1, -0.05) is 18.2 Å². The molecule has 0 aliphatic carbocycles. The maximum atomic E-state index is 12.9. The molecule has 0 bridgehead atoms. The van der Waals surface area contributed by atoms with Crippen LogP contribution in [0, 0.1) is 5.92 Å². The van der Waals surface area contributed by atoms with Gasteiger partial charge in [0.05, 0.1) is 5.92 Å². The van der Waals surface area contributed by atoms with Crippen molar-refractivity contribution in [3.63, 3.8) is 0 Å². The molecule has 1 atom stereocenters. The number of aromatic nitrogens is 1. The van der Waals surface area contributed by atoms with Crippen LogP contribution in [0.3, 0.4) is 0 Å². The zero-order valence-electron chi connectivity index (χ0n) is 15.3. The number of nitrogens with zero attached hydrogens (tertiary/aromatic N) is 3. The molecule has 6 nitrogen and oxygen atoms in total. The van der Waals surface area contributed by atoms with Crippen LogP contribution in [0.15, 0.2) is 35.7 Å². The van der Waals surface area contributed by atoms with Gasteiger partial charge in [-0.3, -0.25) is 9.59 Å². The molecule has 142 valence electrons. The van der Waals surface area contributed by atoms with Gasteiger partial charge in [0, 0.05) is 37.2 Å². The molecule has 4 rings (SSSR count). The maximum absolute atomic E-state index is 12.9. The third kappa shape index (κ3) is 4.13. The van der Waals surface area contributed by atoms with Crippen LogP contribution in [0.4, 0.5) is 10.8 Å². The fraction of sp³-hybridized carbons (Fsp3) is 0.450. The fourth-order valence-electron chi connectivity index (χ4n) is 3.80. The molecule has 2 fully saturated rings. The molecule has 7 heteroatoms. The van der Waals surface area contributed by atoms with Crippen LogP contribution < -0.4 is 5.32 Å². The van der Waals surface area contributed by atoms with Crippen molar-refractivity contribution in [2.24, 2.45) is 5.92 Å². The first-order valence-corrected chi connectivity index (χ1v) is 10.4. The van der Waals surface area contributed by atoms with Crippen molar-refractivity contribution in [3.8, 4) is 0 Å². The van der Waals surface area contributed by atoms with Crippen LogP contribution in [-0.2, 0) is 4.79 Å². The van der Waals surface area contributed by atoms with Crippen molar-refractivity contribution in [1.82, 2.24) is 14.8 Å². The number of thiazole rings is 1. The van der Waals surface area contributed by atoms with E-state index < -0.39 is 0 Å². The summed E-state index contributed by atoms with van der Waals surface area (Å²) in [6.45, 7) is 2.93. The Morgan fingerprint density at radius 2 is 1.78 bits per heavy atom. The molecule has 1 aromatic carbocycles. The van der Waals surface area contributed by atoms with Crippen LogP contribution in [-0.4, -0.2) is 52.8 Å². The number of anilines is 2. The lowest BCUT2D eigenvalue weighted by atomic mass is 9.96. The summed E-state index contributed by atoms with van der Waals surface area (Å²) in [6, 6.07) is 9.78. The molecule has 2 saturated heterocycles. The summed E-state index contributed by atoms with van der Waals surface area (Å²) >= 11 is 1.42. The van der Waals surface area contributed by atoms with Gasteiger partial charge in [-0.15, -0.1) is 11.3 Å². The summed E-state index contributed by atoms with van der Waals surface area (Å²) in [5.74, 6) is 0.0716. The molecular formula is C20H24N4O2S. The first-order chi connectivity index (χ1) is 13.2. The van der Waals surface area contributed by atoms with Gasteiger partial charge in [0.25, 0.3) is 5.91 Å². The van der Waals surface area contributed by atoms with Gasteiger partial charge in [-0.25, -0.2) is 4.98 Å². The molecule has 0 saturated carbocycles. The molecule has 1 unspecified atom stereocenters. The smallest absolute Gasteiger partial charge is 0.273 e. The van der Waals surface area contributed by atoms with Gasteiger partial charge < -0.3 is 15.1 Å². The van der Waals surface area contributed by atoms with Gasteiger partial charge in [0.15, 0.2) is 5.13 Å². The summed E-state index contributed by atoms with van der Waals surface area (Å²) in [5, 5.41) is 5.71. The predicted molar refractivity (Wildman–Crippen MR) is 106 cm³/mol. The summed E-state index contributed by atoms with van der Waals surface area (Å²) in [4.78, 5) is 33.8. The highest BCUT2D eigenvalue weighted by Crippen LogP contribution is 2.25. The zero-order chi connectivity index (χ0) is 18.6. The van der Waals surface area contributed by atoms with E-state index in [2.05, 4.69) is 10.3 Å². The fourth-order valence-corrected chi connectivity index (χ4v) is 4.50.